The van der Waals surface area contributed by atoms with E-state index in [0.717, 1.165) is 5.56 Å². The summed E-state index contributed by atoms with van der Waals surface area (Å²) in [5.74, 6) is -2.10. The molecule has 0 saturated carbocycles. The number of carboxylic acids is 1. The van der Waals surface area contributed by atoms with Gasteiger partial charge >= 0.3 is 5.97 Å². The number of hydrogen-bond acceptors (Lipinski definition) is 2. The van der Waals surface area contributed by atoms with E-state index < -0.39 is 17.7 Å². The van der Waals surface area contributed by atoms with Crippen LogP contribution < -0.4 is 5.32 Å². The molecule has 3 nitrogen and oxygen atoms in total. The Morgan fingerprint density at radius 3 is 3.00 bits per heavy atom. The largest absolute Gasteiger partial charge is 0.481 e. The van der Waals surface area contributed by atoms with Gasteiger partial charge in [-0.25, -0.2) is 4.39 Å². The third kappa shape index (κ3) is 1.67. The normalized spacial score (nSPS) is 19.2. The van der Waals surface area contributed by atoms with E-state index >= 15 is 0 Å². The minimum Gasteiger partial charge on any atom is -0.481 e. The summed E-state index contributed by atoms with van der Waals surface area (Å²) in [7, 11) is 0. The Bertz CT molecular complexity index is 417. The van der Waals surface area contributed by atoms with Gasteiger partial charge in [-0.05, 0) is 31.0 Å². The summed E-state index contributed by atoms with van der Waals surface area (Å²) in [4.78, 5) is 11.0. The zero-order valence-electron chi connectivity index (χ0n) is 8.38. The van der Waals surface area contributed by atoms with Crippen LogP contribution in [0.1, 0.15) is 23.5 Å². The molecule has 1 aromatic rings. The monoisotopic (exact) mass is 209 g/mol. The molecule has 0 aliphatic carbocycles. The molecular formula is C11H12FNO2. The maximum atomic E-state index is 13.6. The fourth-order valence-electron chi connectivity index (χ4n) is 2.00. The van der Waals surface area contributed by atoms with Crippen molar-refractivity contribution < 1.29 is 14.3 Å². The topological polar surface area (TPSA) is 49.3 Å². The van der Waals surface area contributed by atoms with Gasteiger partial charge < -0.3 is 10.4 Å². The molecule has 1 heterocycles. The molecule has 0 amide bonds. The molecule has 1 unspecified atom stereocenters. The van der Waals surface area contributed by atoms with Gasteiger partial charge in [0.1, 0.15) is 5.82 Å². The van der Waals surface area contributed by atoms with Gasteiger partial charge in [0.05, 0.1) is 5.92 Å². The lowest BCUT2D eigenvalue weighted by molar-refractivity contribution is -0.139. The minimum absolute atomic E-state index is 0.291. The molecule has 15 heavy (non-hydrogen) atoms. The number of nitrogens with one attached hydrogen (secondary N) is 1. The third-order valence-electron chi connectivity index (χ3n) is 2.67. The zero-order valence-corrected chi connectivity index (χ0v) is 8.38. The van der Waals surface area contributed by atoms with E-state index in [4.69, 9.17) is 5.11 Å². The molecule has 2 N–H and O–H groups in total. The Morgan fingerprint density at radius 2 is 2.33 bits per heavy atom. The van der Waals surface area contributed by atoms with Gasteiger partial charge in [0, 0.05) is 17.8 Å². The number of fused-ring (bicyclic) bond motifs is 1. The smallest absolute Gasteiger partial charge is 0.311 e. The van der Waals surface area contributed by atoms with Crippen LogP contribution in [0, 0.1) is 12.7 Å². The highest BCUT2D eigenvalue weighted by atomic mass is 19.1. The second-order valence-corrected chi connectivity index (χ2v) is 3.81. The van der Waals surface area contributed by atoms with Crippen molar-refractivity contribution in [1.29, 1.82) is 0 Å². The van der Waals surface area contributed by atoms with Crippen LogP contribution in [0.25, 0.3) is 0 Å². The summed E-state index contributed by atoms with van der Waals surface area (Å²) < 4.78 is 13.6. The molecule has 1 aliphatic heterocycles. The number of rotatable bonds is 1. The second kappa shape index (κ2) is 3.53. The Labute approximate surface area is 86.9 Å². The first-order valence-corrected chi connectivity index (χ1v) is 4.86. The van der Waals surface area contributed by atoms with Crippen molar-refractivity contribution in [2.75, 3.05) is 11.9 Å². The van der Waals surface area contributed by atoms with Crippen LogP contribution in [0.4, 0.5) is 10.1 Å². The van der Waals surface area contributed by atoms with Gasteiger partial charge in [-0.2, -0.15) is 0 Å². The van der Waals surface area contributed by atoms with E-state index in [2.05, 4.69) is 5.32 Å². The van der Waals surface area contributed by atoms with Gasteiger partial charge in [-0.1, -0.05) is 0 Å². The number of halogens is 1. The standard InChI is InChI=1S/C11H12FNO2/c1-6-4-8(12)10-7(11(14)15)2-3-13-9(10)5-6/h4-5,7,13H,2-3H2,1H3,(H,14,15). The zero-order chi connectivity index (χ0) is 11.0. The Hall–Kier alpha value is -1.58. The van der Waals surface area contributed by atoms with Crippen molar-refractivity contribution in [3.63, 3.8) is 0 Å². The molecule has 0 fully saturated rings. The molecule has 0 spiro atoms. The van der Waals surface area contributed by atoms with E-state index in [1.54, 1.807) is 13.0 Å². The Kier molecular flexibility index (Phi) is 2.34. The number of hydrogen-bond donors (Lipinski definition) is 2. The van der Waals surface area contributed by atoms with Crippen molar-refractivity contribution in [3.05, 3.63) is 29.1 Å². The van der Waals surface area contributed by atoms with Crippen molar-refractivity contribution in [2.24, 2.45) is 0 Å². The second-order valence-electron chi connectivity index (χ2n) is 3.81. The van der Waals surface area contributed by atoms with Crippen LogP contribution in [0.3, 0.4) is 0 Å². The maximum Gasteiger partial charge on any atom is 0.311 e. The highest BCUT2D eigenvalue weighted by Crippen LogP contribution is 2.34. The molecule has 4 heteroatoms. The minimum atomic E-state index is -0.958. The van der Waals surface area contributed by atoms with Crippen molar-refractivity contribution in [2.45, 2.75) is 19.3 Å². The number of anilines is 1. The van der Waals surface area contributed by atoms with Gasteiger partial charge in [-0.3, -0.25) is 4.79 Å². The summed E-state index contributed by atoms with van der Waals surface area (Å²) >= 11 is 0. The molecule has 0 aromatic heterocycles. The predicted molar refractivity (Wildman–Crippen MR) is 54.6 cm³/mol. The molecule has 1 aliphatic rings. The van der Waals surface area contributed by atoms with Crippen LogP contribution in [0.5, 0.6) is 0 Å². The summed E-state index contributed by atoms with van der Waals surface area (Å²) in [6.07, 6.45) is 0.433. The first kappa shape index (κ1) is 9.96. The summed E-state index contributed by atoms with van der Waals surface area (Å²) in [5, 5.41) is 12.0. The predicted octanol–water partition coefficient (Wildman–Crippen LogP) is 2.12. The third-order valence-corrected chi connectivity index (χ3v) is 2.67. The highest BCUT2D eigenvalue weighted by Gasteiger charge is 2.29. The van der Waals surface area contributed by atoms with Crippen molar-refractivity contribution >= 4 is 11.7 Å². The lowest BCUT2D eigenvalue weighted by Crippen LogP contribution is -2.24. The molecule has 80 valence electrons. The Balaban J connectivity index is 2.55. The van der Waals surface area contributed by atoms with Crippen LogP contribution >= 0.6 is 0 Å². The lowest BCUT2D eigenvalue weighted by Gasteiger charge is -2.24. The summed E-state index contributed by atoms with van der Waals surface area (Å²) in [5.41, 5.74) is 1.70. The first-order chi connectivity index (χ1) is 7.09. The van der Waals surface area contributed by atoms with E-state index in [1.807, 2.05) is 0 Å². The SMILES string of the molecule is Cc1cc(F)c2c(c1)NCCC2C(=O)O. The van der Waals surface area contributed by atoms with E-state index in [-0.39, 0.29) is 0 Å². The van der Waals surface area contributed by atoms with Gasteiger partial charge in [-0.15, -0.1) is 0 Å². The Morgan fingerprint density at radius 1 is 1.60 bits per heavy atom. The first-order valence-electron chi connectivity index (χ1n) is 4.86. The van der Waals surface area contributed by atoms with Crippen LogP contribution in [-0.2, 0) is 4.79 Å². The number of carbonyl (C=O) groups is 1. The van der Waals surface area contributed by atoms with Crippen LogP contribution in [0.2, 0.25) is 0 Å². The molecule has 0 saturated heterocycles. The lowest BCUT2D eigenvalue weighted by atomic mass is 9.90. The maximum absolute atomic E-state index is 13.6. The van der Waals surface area contributed by atoms with Crippen LogP contribution in [-0.4, -0.2) is 17.6 Å². The molecule has 2 rings (SSSR count). The van der Waals surface area contributed by atoms with Gasteiger partial charge in [0.15, 0.2) is 0 Å². The molecule has 0 radical (unpaired) electrons. The van der Waals surface area contributed by atoms with Gasteiger partial charge in [0.25, 0.3) is 0 Å². The average Bonchev–Trinajstić information content (AvgIpc) is 2.16. The fourth-order valence-corrected chi connectivity index (χ4v) is 2.00. The van der Waals surface area contributed by atoms with Gasteiger partial charge in [0.2, 0.25) is 0 Å². The molecule has 1 atom stereocenters. The summed E-state index contributed by atoms with van der Waals surface area (Å²) in [6, 6.07) is 3.16. The molecule has 1 aromatic carbocycles. The fraction of sp³-hybridized carbons (Fsp3) is 0.364. The molecule has 0 bridgehead atoms. The quantitative estimate of drug-likeness (QED) is 0.744. The van der Waals surface area contributed by atoms with Crippen molar-refractivity contribution in [3.8, 4) is 0 Å². The summed E-state index contributed by atoms with van der Waals surface area (Å²) in [6.45, 7) is 2.36. The highest BCUT2D eigenvalue weighted by molar-refractivity contribution is 5.80. The average molecular weight is 209 g/mol. The van der Waals surface area contributed by atoms with Crippen molar-refractivity contribution in [1.82, 2.24) is 0 Å². The molecular weight excluding hydrogens is 197 g/mol. The van der Waals surface area contributed by atoms with E-state index in [0.29, 0.717) is 24.2 Å². The number of carboxylic acid groups (broad SMARTS) is 1. The van der Waals surface area contributed by atoms with E-state index in [1.165, 1.54) is 6.07 Å². The number of aliphatic carboxylic acids is 1. The number of benzene rings is 1. The van der Waals surface area contributed by atoms with E-state index in [9.17, 15) is 9.18 Å². The number of aryl methyl sites for hydroxylation is 1. The van der Waals surface area contributed by atoms with Crippen LogP contribution in [0.15, 0.2) is 12.1 Å².